The van der Waals surface area contributed by atoms with E-state index >= 15 is 0 Å². The van der Waals surface area contributed by atoms with Gasteiger partial charge in [-0.2, -0.15) is 0 Å². The zero-order chi connectivity index (χ0) is 16.0. The van der Waals surface area contributed by atoms with Gasteiger partial charge < -0.3 is 10.6 Å². The van der Waals surface area contributed by atoms with Gasteiger partial charge >= 0.3 is 6.03 Å². The van der Waals surface area contributed by atoms with Crippen LogP contribution in [0.4, 0.5) is 4.79 Å². The number of hydrogen-bond donors (Lipinski definition) is 2. The fourth-order valence-electron chi connectivity index (χ4n) is 2.45. The van der Waals surface area contributed by atoms with Gasteiger partial charge in [0.1, 0.15) is 0 Å². The molecule has 0 saturated carbocycles. The van der Waals surface area contributed by atoms with E-state index < -0.39 is 10.0 Å². The van der Waals surface area contributed by atoms with Crippen LogP contribution in [0.1, 0.15) is 24.6 Å². The normalized spacial score (nSPS) is 17.3. The van der Waals surface area contributed by atoms with Gasteiger partial charge in [0.05, 0.1) is 5.75 Å². The van der Waals surface area contributed by atoms with Crippen molar-refractivity contribution >= 4 is 27.4 Å². The molecule has 1 aliphatic heterocycles. The summed E-state index contributed by atoms with van der Waals surface area (Å²) in [5, 5.41) is 7.79. The minimum atomic E-state index is -3.11. The molecule has 0 aliphatic carbocycles. The number of hydrogen-bond acceptors (Lipinski definition) is 4. The number of carbonyl (C=O) groups excluding carboxylic acids is 1. The smallest absolute Gasteiger partial charge is 0.315 e. The maximum atomic E-state index is 11.8. The van der Waals surface area contributed by atoms with Crippen molar-refractivity contribution in [2.75, 3.05) is 25.4 Å². The molecule has 1 aromatic heterocycles. The lowest BCUT2D eigenvalue weighted by molar-refractivity contribution is 0.228. The minimum absolute atomic E-state index is 0.0463. The number of amides is 2. The van der Waals surface area contributed by atoms with Gasteiger partial charge in [-0.1, -0.05) is 6.07 Å². The van der Waals surface area contributed by atoms with Crippen LogP contribution in [0.25, 0.3) is 0 Å². The number of urea groups is 1. The van der Waals surface area contributed by atoms with E-state index in [2.05, 4.69) is 10.6 Å². The summed E-state index contributed by atoms with van der Waals surface area (Å²) in [5.41, 5.74) is 0. The molecule has 1 aromatic rings. The molecule has 124 valence electrons. The zero-order valence-corrected chi connectivity index (χ0v) is 14.4. The number of nitrogens with zero attached hydrogens (tertiary/aromatic N) is 1. The SMILES string of the molecule is CCS(=O)(=O)N1CCC(NC(=O)NCCc2cccs2)CC1. The van der Waals surface area contributed by atoms with Crippen LogP contribution in [-0.4, -0.2) is 50.2 Å². The molecule has 2 heterocycles. The third-order valence-electron chi connectivity index (χ3n) is 3.78. The predicted octanol–water partition coefficient (Wildman–Crippen LogP) is 1.40. The van der Waals surface area contributed by atoms with E-state index in [1.807, 2.05) is 17.5 Å². The number of piperidine rings is 1. The van der Waals surface area contributed by atoms with Gasteiger partial charge in [-0.25, -0.2) is 17.5 Å². The maximum absolute atomic E-state index is 11.8. The monoisotopic (exact) mass is 345 g/mol. The number of sulfonamides is 1. The van der Waals surface area contributed by atoms with Crippen molar-refractivity contribution < 1.29 is 13.2 Å². The van der Waals surface area contributed by atoms with Crippen LogP contribution in [-0.2, 0) is 16.4 Å². The Morgan fingerprint density at radius 1 is 1.41 bits per heavy atom. The van der Waals surface area contributed by atoms with Gasteiger partial charge in [0.15, 0.2) is 0 Å². The van der Waals surface area contributed by atoms with Crippen molar-refractivity contribution in [1.29, 1.82) is 0 Å². The van der Waals surface area contributed by atoms with Crippen LogP contribution in [0.5, 0.6) is 0 Å². The van der Waals surface area contributed by atoms with Crippen molar-refractivity contribution in [1.82, 2.24) is 14.9 Å². The molecule has 0 bridgehead atoms. The average Bonchev–Trinajstić information content (AvgIpc) is 3.01. The summed E-state index contributed by atoms with van der Waals surface area (Å²) in [7, 11) is -3.11. The Kier molecular flexibility index (Phi) is 6.22. The molecule has 1 fully saturated rings. The van der Waals surface area contributed by atoms with Crippen molar-refractivity contribution in [3.8, 4) is 0 Å². The average molecular weight is 345 g/mol. The third kappa shape index (κ3) is 4.96. The Morgan fingerprint density at radius 2 is 2.14 bits per heavy atom. The summed E-state index contributed by atoms with van der Waals surface area (Å²) in [6.07, 6.45) is 2.16. The van der Waals surface area contributed by atoms with Crippen molar-refractivity contribution in [2.45, 2.75) is 32.2 Å². The van der Waals surface area contributed by atoms with Gasteiger partial charge in [-0.3, -0.25) is 0 Å². The summed E-state index contributed by atoms with van der Waals surface area (Å²) in [6.45, 7) is 3.22. The largest absolute Gasteiger partial charge is 0.338 e. The summed E-state index contributed by atoms with van der Waals surface area (Å²) in [6, 6.07) is 3.92. The van der Waals surface area contributed by atoms with Crippen LogP contribution in [0.3, 0.4) is 0 Å². The first kappa shape index (κ1) is 17.2. The lowest BCUT2D eigenvalue weighted by Crippen LogP contribution is -2.49. The Balaban J connectivity index is 1.66. The summed E-state index contributed by atoms with van der Waals surface area (Å²) in [4.78, 5) is 13.1. The van der Waals surface area contributed by atoms with Crippen molar-refractivity contribution in [3.63, 3.8) is 0 Å². The van der Waals surface area contributed by atoms with E-state index in [4.69, 9.17) is 0 Å². The van der Waals surface area contributed by atoms with E-state index in [-0.39, 0.29) is 17.8 Å². The standard InChI is InChI=1S/C14H23N3O3S2/c1-2-22(19,20)17-9-6-12(7-10-17)16-14(18)15-8-5-13-4-3-11-21-13/h3-4,11-12H,2,5-10H2,1H3,(H2,15,16,18). The highest BCUT2D eigenvalue weighted by atomic mass is 32.2. The van der Waals surface area contributed by atoms with Crippen LogP contribution in [0, 0.1) is 0 Å². The minimum Gasteiger partial charge on any atom is -0.338 e. The fraction of sp³-hybridized carbons (Fsp3) is 0.643. The first-order valence-corrected chi connectivity index (χ1v) is 10.0. The predicted molar refractivity (Wildman–Crippen MR) is 88.6 cm³/mol. The molecule has 2 amide bonds. The Labute approximate surface area is 135 Å². The molecule has 0 atom stereocenters. The quantitative estimate of drug-likeness (QED) is 0.818. The second-order valence-electron chi connectivity index (χ2n) is 5.30. The topological polar surface area (TPSA) is 78.5 Å². The number of carbonyl (C=O) groups is 1. The molecule has 0 aromatic carbocycles. The third-order valence-corrected chi connectivity index (χ3v) is 6.60. The Bertz CT molecular complexity index is 564. The number of nitrogens with one attached hydrogen (secondary N) is 2. The first-order chi connectivity index (χ1) is 10.5. The number of rotatable bonds is 6. The zero-order valence-electron chi connectivity index (χ0n) is 12.7. The molecule has 0 unspecified atom stereocenters. The molecule has 22 heavy (non-hydrogen) atoms. The summed E-state index contributed by atoms with van der Waals surface area (Å²) < 4.78 is 25.0. The van der Waals surface area contributed by atoms with E-state index in [1.54, 1.807) is 18.3 Å². The number of thiophene rings is 1. The Morgan fingerprint density at radius 3 is 2.73 bits per heavy atom. The van der Waals surface area contributed by atoms with Gasteiger partial charge in [0.25, 0.3) is 0 Å². The van der Waals surface area contributed by atoms with Gasteiger partial charge in [-0.05, 0) is 37.6 Å². The van der Waals surface area contributed by atoms with E-state index in [0.29, 0.717) is 32.5 Å². The van der Waals surface area contributed by atoms with E-state index in [9.17, 15) is 13.2 Å². The fourth-order valence-corrected chi connectivity index (χ4v) is 4.29. The molecule has 0 radical (unpaired) electrons. The lowest BCUT2D eigenvalue weighted by atomic mass is 10.1. The molecule has 2 N–H and O–H groups in total. The molecule has 6 nitrogen and oxygen atoms in total. The first-order valence-electron chi connectivity index (χ1n) is 7.56. The Hall–Kier alpha value is -1.12. The molecular weight excluding hydrogens is 322 g/mol. The van der Waals surface area contributed by atoms with Crippen molar-refractivity contribution in [2.24, 2.45) is 0 Å². The van der Waals surface area contributed by atoms with Gasteiger partial charge in [0, 0.05) is 30.6 Å². The van der Waals surface area contributed by atoms with Crippen LogP contribution in [0.2, 0.25) is 0 Å². The van der Waals surface area contributed by atoms with Crippen LogP contribution >= 0.6 is 11.3 Å². The molecule has 2 rings (SSSR count). The maximum Gasteiger partial charge on any atom is 0.315 e. The molecule has 1 aliphatic rings. The second-order valence-corrected chi connectivity index (χ2v) is 8.59. The highest BCUT2D eigenvalue weighted by molar-refractivity contribution is 7.89. The van der Waals surface area contributed by atoms with Crippen molar-refractivity contribution in [3.05, 3.63) is 22.4 Å². The van der Waals surface area contributed by atoms with Gasteiger partial charge in [-0.15, -0.1) is 11.3 Å². The van der Waals surface area contributed by atoms with E-state index in [1.165, 1.54) is 9.18 Å². The summed E-state index contributed by atoms with van der Waals surface area (Å²) >= 11 is 1.68. The molecule has 1 saturated heterocycles. The summed E-state index contributed by atoms with van der Waals surface area (Å²) in [5.74, 6) is 0.133. The molecule has 0 spiro atoms. The van der Waals surface area contributed by atoms with Crippen LogP contribution in [0.15, 0.2) is 17.5 Å². The molecule has 8 heteroatoms. The van der Waals surface area contributed by atoms with E-state index in [0.717, 1.165) is 6.42 Å². The van der Waals surface area contributed by atoms with Gasteiger partial charge in [0.2, 0.25) is 10.0 Å². The highest BCUT2D eigenvalue weighted by Gasteiger charge is 2.27. The lowest BCUT2D eigenvalue weighted by Gasteiger charge is -2.31. The second kappa shape index (κ2) is 7.94. The molecular formula is C14H23N3O3S2. The highest BCUT2D eigenvalue weighted by Crippen LogP contribution is 2.14. The van der Waals surface area contributed by atoms with Crippen LogP contribution < -0.4 is 10.6 Å².